The van der Waals surface area contributed by atoms with Crippen LogP contribution in [-0.4, -0.2) is 39.2 Å². The van der Waals surface area contributed by atoms with Crippen LogP contribution in [0.3, 0.4) is 0 Å². The Bertz CT molecular complexity index is 343. The van der Waals surface area contributed by atoms with Gasteiger partial charge in [-0.05, 0) is 0 Å². The number of rotatable bonds is 5. The maximum absolute atomic E-state index is 11.1. The molecule has 0 atom stereocenters. The van der Waals surface area contributed by atoms with Gasteiger partial charge < -0.3 is 17.2 Å². The average molecular weight is 236 g/mol. The van der Waals surface area contributed by atoms with Crippen LogP contribution >= 0.6 is 0 Å². The zero-order valence-electron chi connectivity index (χ0n) is 8.47. The zero-order valence-corrected chi connectivity index (χ0v) is 9.29. The van der Waals surface area contributed by atoms with Crippen LogP contribution in [0.15, 0.2) is 9.98 Å². The van der Waals surface area contributed by atoms with E-state index in [1.165, 1.54) is 0 Å². The van der Waals surface area contributed by atoms with E-state index in [1.807, 2.05) is 0 Å². The van der Waals surface area contributed by atoms with Gasteiger partial charge in [-0.3, -0.25) is 4.99 Å². The van der Waals surface area contributed by atoms with Crippen molar-refractivity contribution < 1.29 is 8.42 Å². The maximum Gasteiger partial charge on any atom is 0.218 e. The Labute approximate surface area is 88.7 Å². The molecule has 0 spiro atoms. The summed E-state index contributed by atoms with van der Waals surface area (Å²) in [7, 11) is -3.28. The van der Waals surface area contributed by atoms with Gasteiger partial charge in [0.2, 0.25) is 16.0 Å². The molecule has 0 unspecified atom stereocenters. The summed E-state index contributed by atoms with van der Waals surface area (Å²) in [5.41, 5.74) is 15.3. The van der Waals surface area contributed by atoms with Crippen LogP contribution in [0, 0.1) is 0 Å². The molecule has 0 aromatic carbocycles. The van der Waals surface area contributed by atoms with Crippen LogP contribution in [0.5, 0.6) is 0 Å². The first-order valence-electron chi connectivity index (χ1n) is 4.24. The predicted octanol–water partition coefficient (Wildman–Crippen LogP) is -2.49. The first kappa shape index (κ1) is 13.7. The minimum Gasteiger partial charge on any atom is -0.370 e. The molecule has 0 aliphatic rings. The molecule has 0 saturated heterocycles. The number of hydrogen-bond acceptors (Lipinski definition) is 3. The predicted molar refractivity (Wildman–Crippen MR) is 59.8 cm³/mol. The molecular weight excluding hydrogens is 220 g/mol. The van der Waals surface area contributed by atoms with Crippen LogP contribution in [-0.2, 0) is 10.0 Å². The minimum atomic E-state index is -3.28. The van der Waals surface area contributed by atoms with Crippen molar-refractivity contribution >= 4 is 21.9 Å². The van der Waals surface area contributed by atoms with Gasteiger partial charge >= 0.3 is 0 Å². The van der Waals surface area contributed by atoms with Gasteiger partial charge in [-0.1, -0.05) is 6.92 Å². The zero-order chi connectivity index (χ0) is 11.9. The maximum atomic E-state index is 11.1. The molecule has 0 saturated carbocycles. The van der Waals surface area contributed by atoms with Crippen molar-refractivity contribution in [1.29, 1.82) is 0 Å². The largest absolute Gasteiger partial charge is 0.370 e. The Morgan fingerprint density at radius 1 is 1.33 bits per heavy atom. The summed E-state index contributed by atoms with van der Waals surface area (Å²) in [6.45, 7) is 2.04. The lowest BCUT2D eigenvalue weighted by atomic mass is 10.8. The fourth-order valence-corrected chi connectivity index (χ4v) is 1.66. The molecule has 0 amide bonds. The van der Waals surface area contributed by atoms with Crippen molar-refractivity contribution in [3.05, 3.63) is 0 Å². The van der Waals surface area contributed by atoms with Gasteiger partial charge in [0.05, 0.1) is 12.3 Å². The highest BCUT2D eigenvalue weighted by atomic mass is 32.2. The van der Waals surface area contributed by atoms with Gasteiger partial charge in [0.25, 0.3) is 0 Å². The van der Waals surface area contributed by atoms with E-state index in [0.717, 1.165) is 0 Å². The summed E-state index contributed by atoms with van der Waals surface area (Å²) in [6.07, 6.45) is 0. The van der Waals surface area contributed by atoms with Gasteiger partial charge in [-0.25, -0.2) is 13.1 Å². The summed E-state index contributed by atoms with van der Waals surface area (Å²) in [5.74, 6) is -0.505. The van der Waals surface area contributed by atoms with Gasteiger partial charge in [-0.2, -0.15) is 4.99 Å². The summed E-state index contributed by atoms with van der Waals surface area (Å²) in [6, 6.07) is 0. The third-order valence-electron chi connectivity index (χ3n) is 1.24. The number of nitrogens with zero attached hydrogens (tertiary/aromatic N) is 2. The standard InChI is InChI=1S/C6H16N6O2S/c1-2-11-15(13,14)4-3-10-6(9)12-5(7)8/h11H,2-4H2,1H3,(H6,7,8,9,10,12). The molecule has 0 aliphatic heterocycles. The lowest BCUT2D eigenvalue weighted by Crippen LogP contribution is -2.28. The van der Waals surface area contributed by atoms with Gasteiger partial charge in [0, 0.05) is 6.54 Å². The van der Waals surface area contributed by atoms with Crippen LogP contribution in [0.25, 0.3) is 0 Å². The van der Waals surface area contributed by atoms with Crippen LogP contribution in [0.4, 0.5) is 0 Å². The van der Waals surface area contributed by atoms with Crippen LogP contribution in [0.1, 0.15) is 6.92 Å². The van der Waals surface area contributed by atoms with E-state index >= 15 is 0 Å². The molecule has 0 fully saturated rings. The second-order valence-corrected chi connectivity index (χ2v) is 4.52. The number of sulfonamides is 1. The highest BCUT2D eigenvalue weighted by Gasteiger charge is 2.06. The van der Waals surface area contributed by atoms with E-state index in [2.05, 4.69) is 14.7 Å². The Morgan fingerprint density at radius 3 is 2.40 bits per heavy atom. The van der Waals surface area contributed by atoms with Crippen molar-refractivity contribution in [2.75, 3.05) is 18.8 Å². The molecule has 0 aromatic rings. The summed E-state index contributed by atoms with van der Waals surface area (Å²) < 4.78 is 24.6. The molecule has 0 radical (unpaired) electrons. The minimum absolute atomic E-state index is 0.0119. The van der Waals surface area contributed by atoms with Crippen molar-refractivity contribution in [2.24, 2.45) is 27.2 Å². The van der Waals surface area contributed by atoms with E-state index in [4.69, 9.17) is 17.2 Å². The van der Waals surface area contributed by atoms with Gasteiger partial charge in [0.15, 0.2) is 5.96 Å². The second-order valence-electron chi connectivity index (χ2n) is 2.59. The Hall–Kier alpha value is -1.35. The molecule has 0 aliphatic carbocycles. The molecule has 0 bridgehead atoms. The van der Waals surface area contributed by atoms with E-state index < -0.39 is 10.0 Å². The third kappa shape index (κ3) is 7.70. The second kappa shape index (κ2) is 6.19. The summed E-state index contributed by atoms with van der Waals surface area (Å²) in [5, 5.41) is 0. The van der Waals surface area contributed by atoms with E-state index in [9.17, 15) is 8.42 Å². The molecule has 0 aromatic heterocycles. The van der Waals surface area contributed by atoms with Crippen LogP contribution in [0.2, 0.25) is 0 Å². The van der Waals surface area contributed by atoms with Crippen molar-refractivity contribution in [3.8, 4) is 0 Å². The third-order valence-corrected chi connectivity index (χ3v) is 2.69. The summed E-state index contributed by atoms with van der Waals surface area (Å²) >= 11 is 0. The molecule has 7 N–H and O–H groups in total. The lowest BCUT2D eigenvalue weighted by molar-refractivity contribution is 0.584. The fraction of sp³-hybridized carbons (Fsp3) is 0.667. The first-order chi connectivity index (χ1) is 6.87. The normalized spacial score (nSPS) is 12.5. The molecule has 9 heteroatoms. The molecule has 8 nitrogen and oxygen atoms in total. The van der Waals surface area contributed by atoms with E-state index in [1.54, 1.807) is 6.92 Å². The highest BCUT2D eigenvalue weighted by Crippen LogP contribution is 1.84. The molecule has 15 heavy (non-hydrogen) atoms. The molecule has 0 heterocycles. The van der Waals surface area contributed by atoms with Crippen LogP contribution < -0.4 is 21.9 Å². The smallest absolute Gasteiger partial charge is 0.218 e. The summed E-state index contributed by atoms with van der Waals surface area (Å²) in [4.78, 5) is 7.09. The fourth-order valence-electron chi connectivity index (χ4n) is 0.740. The van der Waals surface area contributed by atoms with Gasteiger partial charge in [0.1, 0.15) is 0 Å². The van der Waals surface area contributed by atoms with Crippen molar-refractivity contribution in [1.82, 2.24) is 4.72 Å². The topological polar surface area (TPSA) is 149 Å². The van der Waals surface area contributed by atoms with Gasteiger partial charge in [-0.15, -0.1) is 0 Å². The number of nitrogens with one attached hydrogen (secondary N) is 1. The van der Waals surface area contributed by atoms with Crippen molar-refractivity contribution in [2.45, 2.75) is 6.92 Å². The van der Waals surface area contributed by atoms with E-state index in [0.29, 0.717) is 6.54 Å². The monoisotopic (exact) mass is 236 g/mol. The first-order valence-corrected chi connectivity index (χ1v) is 5.89. The quantitative estimate of drug-likeness (QED) is 0.308. The SMILES string of the molecule is CCNS(=O)(=O)CCN=C(N)N=C(N)N. The Balaban J connectivity index is 4.14. The van der Waals surface area contributed by atoms with E-state index in [-0.39, 0.29) is 24.2 Å². The number of guanidine groups is 2. The molecular formula is C6H16N6O2S. The number of nitrogens with two attached hydrogens (primary N) is 3. The number of hydrogen-bond donors (Lipinski definition) is 4. The lowest BCUT2D eigenvalue weighted by Gasteiger charge is -2.01. The van der Waals surface area contributed by atoms with Crippen molar-refractivity contribution in [3.63, 3.8) is 0 Å². The highest BCUT2D eigenvalue weighted by molar-refractivity contribution is 7.89. The Morgan fingerprint density at radius 2 is 1.93 bits per heavy atom. The average Bonchev–Trinajstić information content (AvgIpc) is 2.01. The molecule has 88 valence electrons. The Kier molecular flexibility index (Phi) is 5.64. The molecule has 0 rings (SSSR count). The number of aliphatic imine (C=N–C) groups is 2.